The molecule has 0 aromatic heterocycles. The fourth-order valence-corrected chi connectivity index (χ4v) is 3.78. The standard InChI is InChI=1S/C20H20FN3O3S/c1-3-20(13-8-10-14(21)11-9-13)18(26)24(19(27)23-20)12-17(25)22-15-6-4-5-7-16(15)28-2/h4-11H,3,12H2,1-2H3,(H,22,25)(H,23,27)/t20-/m1/s1. The van der Waals surface area contributed by atoms with Crippen LogP contribution in [0.4, 0.5) is 14.9 Å². The van der Waals surface area contributed by atoms with Crippen molar-refractivity contribution in [3.63, 3.8) is 0 Å². The van der Waals surface area contributed by atoms with Gasteiger partial charge in [0.05, 0.1) is 5.69 Å². The Morgan fingerprint density at radius 3 is 2.50 bits per heavy atom. The number of urea groups is 1. The topological polar surface area (TPSA) is 78.5 Å². The molecule has 146 valence electrons. The number of nitrogens with zero attached hydrogens (tertiary/aromatic N) is 1. The summed E-state index contributed by atoms with van der Waals surface area (Å²) in [5.41, 5.74) is -0.208. The number of para-hydroxylation sites is 1. The number of carbonyl (C=O) groups excluding carboxylic acids is 3. The highest BCUT2D eigenvalue weighted by atomic mass is 32.2. The largest absolute Gasteiger partial charge is 0.325 e. The third-order valence-corrected chi connectivity index (χ3v) is 5.52. The number of carbonyl (C=O) groups is 3. The van der Waals surface area contributed by atoms with Crippen molar-refractivity contribution in [3.8, 4) is 0 Å². The number of hydrogen-bond donors (Lipinski definition) is 2. The number of benzene rings is 2. The highest BCUT2D eigenvalue weighted by Gasteiger charge is 2.51. The van der Waals surface area contributed by atoms with Crippen LogP contribution in [0.5, 0.6) is 0 Å². The molecule has 1 fully saturated rings. The van der Waals surface area contributed by atoms with E-state index in [1.807, 2.05) is 18.4 Å². The zero-order valence-electron chi connectivity index (χ0n) is 15.5. The summed E-state index contributed by atoms with van der Waals surface area (Å²) in [6.45, 7) is 1.34. The summed E-state index contributed by atoms with van der Waals surface area (Å²) in [5.74, 6) is -1.44. The van der Waals surface area contributed by atoms with Crippen LogP contribution < -0.4 is 10.6 Å². The van der Waals surface area contributed by atoms with Crippen LogP contribution in [0.3, 0.4) is 0 Å². The Morgan fingerprint density at radius 1 is 1.18 bits per heavy atom. The van der Waals surface area contributed by atoms with Crippen LogP contribution in [0, 0.1) is 5.82 Å². The van der Waals surface area contributed by atoms with Crippen LogP contribution in [0.25, 0.3) is 0 Å². The lowest BCUT2D eigenvalue weighted by molar-refractivity contribution is -0.134. The quantitative estimate of drug-likeness (QED) is 0.575. The summed E-state index contributed by atoms with van der Waals surface area (Å²) in [7, 11) is 0. The van der Waals surface area contributed by atoms with Gasteiger partial charge in [0, 0.05) is 4.90 Å². The van der Waals surface area contributed by atoms with Gasteiger partial charge in [0.1, 0.15) is 17.9 Å². The molecule has 1 aliphatic heterocycles. The van der Waals surface area contributed by atoms with Crippen molar-refractivity contribution in [1.82, 2.24) is 10.2 Å². The minimum Gasteiger partial charge on any atom is -0.324 e. The SMILES string of the molecule is CC[C@]1(c2ccc(F)cc2)NC(=O)N(CC(=O)Nc2ccccc2SC)C1=O. The molecule has 2 aromatic carbocycles. The van der Waals surface area contributed by atoms with E-state index in [0.29, 0.717) is 11.3 Å². The Bertz CT molecular complexity index is 919. The molecular weight excluding hydrogens is 381 g/mol. The molecule has 2 aromatic rings. The molecule has 0 saturated carbocycles. The number of hydrogen-bond acceptors (Lipinski definition) is 4. The first-order valence-corrected chi connectivity index (χ1v) is 9.96. The maximum atomic E-state index is 13.3. The van der Waals surface area contributed by atoms with Crippen molar-refractivity contribution in [3.05, 3.63) is 59.9 Å². The van der Waals surface area contributed by atoms with E-state index in [1.54, 1.807) is 19.1 Å². The van der Waals surface area contributed by atoms with Crippen molar-refractivity contribution >= 4 is 35.3 Å². The first-order valence-electron chi connectivity index (χ1n) is 8.74. The van der Waals surface area contributed by atoms with Gasteiger partial charge in [0.25, 0.3) is 5.91 Å². The lowest BCUT2D eigenvalue weighted by Gasteiger charge is -2.25. The fraction of sp³-hybridized carbons (Fsp3) is 0.250. The van der Waals surface area contributed by atoms with E-state index in [4.69, 9.17) is 0 Å². The normalized spacial score (nSPS) is 18.9. The molecule has 28 heavy (non-hydrogen) atoms. The molecule has 0 spiro atoms. The number of nitrogens with one attached hydrogen (secondary N) is 2. The van der Waals surface area contributed by atoms with Gasteiger partial charge in [-0.3, -0.25) is 14.5 Å². The predicted molar refractivity (Wildman–Crippen MR) is 105 cm³/mol. The van der Waals surface area contributed by atoms with Gasteiger partial charge in [-0.05, 0) is 42.5 Å². The first kappa shape index (κ1) is 19.9. The molecule has 0 unspecified atom stereocenters. The van der Waals surface area contributed by atoms with Gasteiger partial charge >= 0.3 is 6.03 Å². The molecule has 3 rings (SSSR count). The molecule has 1 heterocycles. The third-order valence-electron chi connectivity index (χ3n) is 4.73. The molecular formula is C20H20FN3O3S. The van der Waals surface area contributed by atoms with Crippen molar-refractivity contribution in [2.24, 2.45) is 0 Å². The second kappa shape index (κ2) is 8.02. The summed E-state index contributed by atoms with van der Waals surface area (Å²) in [6, 6.07) is 12.0. The molecule has 0 aliphatic carbocycles. The summed E-state index contributed by atoms with van der Waals surface area (Å²) in [5, 5.41) is 5.41. The van der Waals surface area contributed by atoms with Crippen molar-refractivity contribution < 1.29 is 18.8 Å². The van der Waals surface area contributed by atoms with Gasteiger partial charge in [-0.1, -0.05) is 31.2 Å². The monoisotopic (exact) mass is 401 g/mol. The van der Waals surface area contributed by atoms with Gasteiger partial charge in [-0.25, -0.2) is 9.18 Å². The zero-order chi connectivity index (χ0) is 20.3. The van der Waals surface area contributed by atoms with Crippen LogP contribution in [0.2, 0.25) is 0 Å². The number of imide groups is 1. The Labute approximate surface area is 166 Å². The molecule has 1 atom stereocenters. The average molecular weight is 401 g/mol. The van der Waals surface area contributed by atoms with Crippen molar-refractivity contribution in [2.45, 2.75) is 23.8 Å². The molecule has 1 saturated heterocycles. The minimum atomic E-state index is -1.30. The molecule has 8 heteroatoms. The first-order chi connectivity index (χ1) is 13.4. The number of amides is 4. The minimum absolute atomic E-state index is 0.274. The molecule has 6 nitrogen and oxygen atoms in total. The summed E-state index contributed by atoms with van der Waals surface area (Å²) in [4.78, 5) is 39.7. The molecule has 4 amide bonds. The average Bonchev–Trinajstić information content (AvgIpc) is 2.94. The van der Waals surface area contributed by atoms with Gasteiger partial charge in [0.2, 0.25) is 5.91 Å². The second-order valence-corrected chi connectivity index (χ2v) is 7.18. The fourth-order valence-electron chi connectivity index (χ4n) is 3.22. The van der Waals surface area contributed by atoms with Crippen LogP contribution in [0.1, 0.15) is 18.9 Å². The van der Waals surface area contributed by atoms with Gasteiger partial charge in [-0.2, -0.15) is 0 Å². The Morgan fingerprint density at radius 2 is 1.86 bits per heavy atom. The number of thioether (sulfide) groups is 1. The lowest BCUT2D eigenvalue weighted by atomic mass is 9.87. The summed E-state index contributed by atoms with van der Waals surface area (Å²) >= 11 is 1.48. The van der Waals surface area contributed by atoms with Gasteiger partial charge in [-0.15, -0.1) is 11.8 Å². The number of rotatable bonds is 6. The van der Waals surface area contributed by atoms with Crippen LogP contribution in [-0.2, 0) is 15.1 Å². The third kappa shape index (κ3) is 3.60. The van der Waals surface area contributed by atoms with Gasteiger partial charge in [0.15, 0.2) is 0 Å². The summed E-state index contributed by atoms with van der Waals surface area (Å²) < 4.78 is 13.3. The highest BCUT2D eigenvalue weighted by Crippen LogP contribution is 2.32. The summed E-state index contributed by atoms with van der Waals surface area (Å²) in [6.07, 6.45) is 2.16. The van der Waals surface area contributed by atoms with E-state index in [2.05, 4.69) is 10.6 Å². The van der Waals surface area contributed by atoms with Crippen molar-refractivity contribution in [2.75, 3.05) is 18.1 Å². The van der Waals surface area contributed by atoms with Crippen LogP contribution in [-0.4, -0.2) is 35.5 Å². The molecule has 0 radical (unpaired) electrons. The van der Waals surface area contributed by atoms with Crippen molar-refractivity contribution in [1.29, 1.82) is 0 Å². The maximum Gasteiger partial charge on any atom is 0.325 e. The Kier molecular flexibility index (Phi) is 5.69. The Hall–Kier alpha value is -2.87. The highest BCUT2D eigenvalue weighted by molar-refractivity contribution is 7.98. The van der Waals surface area contributed by atoms with Crippen LogP contribution >= 0.6 is 11.8 Å². The van der Waals surface area contributed by atoms with E-state index in [0.717, 1.165) is 9.80 Å². The van der Waals surface area contributed by atoms with Gasteiger partial charge < -0.3 is 10.6 Å². The molecule has 2 N–H and O–H groups in total. The number of anilines is 1. The maximum absolute atomic E-state index is 13.3. The molecule has 1 aliphatic rings. The number of halogens is 1. The van der Waals surface area contributed by atoms with E-state index in [-0.39, 0.29) is 6.42 Å². The molecule has 0 bridgehead atoms. The van der Waals surface area contributed by atoms with E-state index in [9.17, 15) is 18.8 Å². The van der Waals surface area contributed by atoms with E-state index < -0.39 is 35.7 Å². The zero-order valence-corrected chi connectivity index (χ0v) is 16.3. The van der Waals surface area contributed by atoms with Crippen LogP contribution in [0.15, 0.2) is 53.4 Å². The lowest BCUT2D eigenvalue weighted by Crippen LogP contribution is -2.44. The second-order valence-electron chi connectivity index (χ2n) is 6.34. The van der Waals surface area contributed by atoms with E-state index >= 15 is 0 Å². The van der Waals surface area contributed by atoms with E-state index in [1.165, 1.54) is 36.0 Å². The smallest absolute Gasteiger partial charge is 0.324 e. The predicted octanol–water partition coefficient (Wildman–Crippen LogP) is 3.34. The Balaban J connectivity index is 1.79.